The van der Waals surface area contributed by atoms with Crippen molar-refractivity contribution in [2.75, 3.05) is 11.9 Å². The van der Waals surface area contributed by atoms with Crippen molar-refractivity contribution >= 4 is 17.5 Å². The zero-order valence-corrected chi connectivity index (χ0v) is 14.2. The number of anilines is 1. The lowest BCUT2D eigenvalue weighted by molar-refractivity contribution is -0.114. The van der Waals surface area contributed by atoms with Gasteiger partial charge in [0.15, 0.2) is 0 Å². The van der Waals surface area contributed by atoms with Gasteiger partial charge >= 0.3 is 0 Å². The van der Waals surface area contributed by atoms with E-state index in [9.17, 15) is 19.1 Å². The largest absolute Gasteiger partial charge is 0.392 e. The fourth-order valence-corrected chi connectivity index (χ4v) is 2.39. The van der Waals surface area contributed by atoms with Gasteiger partial charge in [-0.05, 0) is 24.1 Å². The van der Waals surface area contributed by atoms with Crippen LogP contribution in [0.15, 0.2) is 18.2 Å². The predicted molar refractivity (Wildman–Crippen MR) is 87.7 cm³/mol. The second kappa shape index (κ2) is 7.55. The first-order chi connectivity index (χ1) is 10.5. The van der Waals surface area contributed by atoms with Crippen LogP contribution in [-0.4, -0.2) is 29.6 Å². The summed E-state index contributed by atoms with van der Waals surface area (Å²) in [6, 6.07) is 3.81. The van der Waals surface area contributed by atoms with Gasteiger partial charge in [-0.15, -0.1) is 0 Å². The number of benzene rings is 1. The summed E-state index contributed by atoms with van der Waals surface area (Å²) in [7, 11) is 0. The van der Waals surface area contributed by atoms with E-state index in [4.69, 9.17) is 0 Å². The quantitative estimate of drug-likeness (QED) is 0.752. The van der Waals surface area contributed by atoms with Gasteiger partial charge < -0.3 is 15.7 Å². The first kappa shape index (κ1) is 19.1. The van der Waals surface area contributed by atoms with Crippen molar-refractivity contribution in [3.63, 3.8) is 0 Å². The topological polar surface area (TPSA) is 78.4 Å². The van der Waals surface area contributed by atoms with Gasteiger partial charge in [0.05, 0.1) is 11.7 Å². The highest BCUT2D eigenvalue weighted by atomic mass is 19.1. The maximum absolute atomic E-state index is 13.8. The summed E-state index contributed by atoms with van der Waals surface area (Å²) in [5.41, 5.74) is -0.341. The van der Waals surface area contributed by atoms with Crippen LogP contribution in [0, 0.1) is 17.2 Å². The third kappa shape index (κ3) is 5.32. The van der Waals surface area contributed by atoms with Gasteiger partial charge in [0.25, 0.3) is 5.91 Å². The summed E-state index contributed by atoms with van der Waals surface area (Å²) >= 11 is 0. The molecule has 0 aromatic heterocycles. The summed E-state index contributed by atoms with van der Waals surface area (Å²) in [4.78, 5) is 23.2. The van der Waals surface area contributed by atoms with Gasteiger partial charge in [-0.1, -0.05) is 27.7 Å². The first-order valence-electron chi connectivity index (χ1n) is 7.58. The molecule has 0 saturated carbocycles. The highest BCUT2D eigenvalue weighted by Gasteiger charge is 2.30. The second-order valence-electron chi connectivity index (χ2n) is 6.74. The van der Waals surface area contributed by atoms with E-state index < -0.39 is 23.2 Å². The van der Waals surface area contributed by atoms with Crippen LogP contribution in [0.2, 0.25) is 0 Å². The van der Waals surface area contributed by atoms with Crippen LogP contribution in [0.25, 0.3) is 0 Å². The van der Waals surface area contributed by atoms with Crippen molar-refractivity contribution in [2.45, 2.75) is 40.7 Å². The molecule has 5 nitrogen and oxygen atoms in total. The molecule has 1 rings (SSSR count). The fourth-order valence-electron chi connectivity index (χ4n) is 2.39. The van der Waals surface area contributed by atoms with Gasteiger partial charge in [0.1, 0.15) is 5.82 Å². The third-order valence-electron chi connectivity index (χ3n) is 3.67. The van der Waals surface area contributed by atoms with Crippen LogP contribution in [0.1, 0.15) is 45.0 Å². The second-order valence-corrected chi connectivity index (χ2v) is 6.74. The minimum atomic E-state index is -0.668. The Morgan fingerprint density at radius 3 is 2.43 bits per heavy atom. The Balaban J connectivity index is 2.84. The Hall–Kier alpha value is -1.95. The minimum absolute atomic E-state index is 0.0433. The summed E-state index contributed by atoms with van der Waals surface area (Å²) in [6.07, 6.45) is -0.599. The maximum atomic E-state index is 13.8. The highest BCUT2D eigenvalue weighted by Crippen LogP contribution is 2.25. The summed E-state index contributed by atoms with van der Waals surface area (Å²) < 4.78 is 13.8. The van der Waals surface area contributed by atoms with Crippen molar-refractivity contribution < 1.29 is 19.1 Å². The molecular formula is C17H25FN2O3. The normalized spacial score (nSPS) is 12.9. The van der Waals surface area contributed by atoms with Crippen LogP contribution in [0.3, 0.4) is 0 Å². The highest BCUT2D eigenvalue weighted by molar-refractivity contribution is 5.97. The Morgan fingerprint density at radius 2 is 1.91 bits per heavy atom. The number of halogens is 1. The summed E-state index contributed by atoms with van der Waals surface area (Å²) in [6.45, 7) is 8.99. The molecule has 0 saturated heterocycles. The van der Waals surface area contributed by atoms with E-state index in [1.807, 2.05) is 27.7 Å². The average Bonchev–Trinajstić information content (AvgIpc) is 2.45. The summed E-state index contributed by atoms with van der Waals surface area (Å²) in [5.74, 6) is -1.51. The zero-order valence-electron chi connectivity index (χ0n) is 14.2. The molecule has 2 amide bonds. The predicted octanol–water partition coefficient (Wildman–Crippen LogP) is 2.56. The van der Waals surface area contributed by atoms with Gasteiger partial charge in [0, 0.05) is 24.6 Å². The molecule has 0 aliphatic carbocycles. The number of aliphatic hydroxyl groups excluding tert-OH is 1. The van der Waals surface area contributed by atoms with Crippen LogP contribution in [-0.2, 0) is 4.79 Å². The van der Waals surface area contributed by atoms with Crippen LogP contribution in [0.5, 0.6) is 0 Å². The number of nitrogens with one attached hydrogen (secondary N) is 2. The fraction of sp³-hybridized carbons (Fsp3) is 0.529. The number of carbonyl (C=O) groups is 2. The van der Waals surface area contributed by atoms with E-state index in [0.717, 1.165) is 6.07 Å². The number of hydrogen-bond acceptors (Lipinski definition) is 3. The van der Waals surface area contributed by atoms with Crippen molar-refractivity contribution in [3.8, 4) is 0 Å². The molecule has 3 N–H and O–H groups in total. The SMILES string of the molecule is CC(=O)Nc1ccc(F)c(C(=O)NCC(C)(C)C(O)C(C)C)c1. The van der Waals surface area contributed by atoms with Gasteiger partial charge in [-0.2, -0.15) is 0 Å². The lowest BCUT2D eigenvalue weighted by atomic mass is 9.80. The molecular weight excluding hydrogens is 299 g/mol. The molecule has 1 aromatic carbocycles. The van der Waals surface area contributed by atoms with Crippen LogP contribution < -0.4 is 10.6 Å². The van der Waals surface area contributed by atoms with Crippen molar-refractivity contribution in [2.24, 2.45) is 11.3 Å². The molecule has 6 heteroatoms. The third-order valence-corrected chi connectivity index (χ3v) is 3.67. The number of aliphatic hydroxyl groups is 1. The monoisotopic (exact) mass is 324 g/mol. The van der Waals surface area contributed by atoms with Gasteiger partial charge in [-0.3, -0.25) is 9.59 Å². The van der Waals surface area contributed by atoms with Crippen LogP contribution >= 0.6 is 0 Å². The maximum Gasteiger partial charge on any atom is 0.254 e. The molecule has 1 aromatic rings. The van der Waals surface area contributed by atoms with E-state index in [0.29, 0.717) is 5.69 Å². The van der Waals surface area contributed by atoms with Gasteiger partial charge in [-0.25, -0.2) is 4.39 Å². The zero-order chi connectivity index (χ0) is 17.8. The molecule has 0 fully saturated rings. The van der Waals surface area contributed by atoms with Crippen LogP contribution in [0.4, 0.5) is 10.1 Å². The molecule has 0 spiro atoms. The molecule has 23 heavy (non-hydrogen) atoms. The Morgan fingerprint density at radius 1 is 1.30 bits per heavy atom. The summed E-state index contributed by atoms with van der Waals surface area (Å²) in [5, 5.41) is 15.3. The number of carbonyl (C=O) groups excluding carboxylic acids is 2. The molecule has 1 unspecified atom stereocenters. The van der Waals surface area contributed by atoms with E-state index in [1.54, 1.807) is 0 Å². The Bertz CT molecular complexity index is 585. The van der Waals surface area contributed by atoms with Crippen molar-refractivity contribution in [1.29, 1.82) is 0 Å². The van der Waals surface area contributed by atoms with E-state index >= 15 is 0 Å². The standard InChI is InChI=1S/C17H25FN2O3/c1-10(2)15(22)17(4,5)9-19-16(23)13-8-12(20-11(3)21)6-7-14(13)18/h6-8,10,15,22H,9H2,1-5H3,(H,19,23)(H,20,21). The molecule has 1 atom stereocenters. The average molecular weight is 324 g/mol. The minimum Gasteiger partial charge on any atom is -0.392 e. The van der Waals surface area contributed by atoms with E-state index in [2.05, 4.69) is 10.6 Å². The van der Waals surface area contributed by atoms with Crippen molar-refractivity contribution in [1.82, 2.24) is 5.32 Å². The molecule has 0 aliphatic rings. The Kier molecular flexibility index (Phi) is 6.27. The lowest BCUT2D eigenvalue weighted by Crippen LogP contribution is -2.43. The number of amides is 2. The molecule has 128 valence electrons. The number of rotatable bonds is 6. The molecule has 0 radical (unpaired) electrons. The smallest absolute Gasteiger partial charge is 0.254 e. The van der Waals surface area contributed by atoms with Gasteiger partial charge in [0.2, 0.25) is 5.91 Å². The number of hydrogen-bond donors (Lipinski definition) is 3. The van der Waals surface area contributed by atoms with E-state index in [1.165, 1.54) is 19.1 Å². The first-order valence-corrected chi connectivity index (χ1v) is 7.58. The molecule has 0 aliphatic heterocycles. The lowest BCUT2D eigenvalue weighted by Gasteiger charge is -2.33. The van der Waals surface area contributed by atoms with Crippen molar-refractivity contribution in [3.05, 3.63) is 29.6 Å². The molecule has 0 bridgehead atoms. The Labute approximate surface area is 136 Å². The van der Waals surface area contributed by atoms with E-state index in [-0.39, 0.29) is 23.9 Å². The molecule has 0 heterocycles.